The second kappa shape index (κ2) is 6.62. The Kier molecular flexibility index (Phi) is 5.31. The molecule has 0 spiro atoms. The van der Waals surface area contributed by atoms with Gasteiger partial charge >= 0.3 is 0 Å². The van der Waals surface area contributed by atoms with Crippen LogP contribution >= 0.6 is 23.2 Å². The van der Waals surface area contributed by atoms with E-state index in [0.717, 1.165) is 25.7 Å². The van der Waals surface area contributed by atoms with Crippen molar-refractivity contribution >= 4 is 33.2 Å². The van der Waals surface area contributed by atoms with E-state index in [1.165, 1.54) is 16.4 Å². The lowest BCUT2D eigenvalue weighted by Gasteiger charge is -2.21. The molecule has 1 fully saturated rings. The van der Waals surface area contributed by atoms with Crippen molar-refractivity contribution in [3.63, 3.8) is 0 Å². The number of aliphatic hydroxyl groups is 1. The summed E-state index contributed by atoms with van der Waals surface area (Å²) in [4.78, 5) is -0.0161. The fourth-order valence-electron chi connectivity index (χ4n) is 2.34. The van der Waals surface area contributed by atoms with E-state index >= 15 is 0 Å². The molecule has 0 amide bonds. The number of sulfonamides is 1. The van der Waals surface area contributed by atoms with Gasteiger partial charge in [-0.05, 0) is 30.5 Å². The van der Waals surface area contributed by atoms with E-state index in [-0.39, 0.29) is 21.5 Å². The molecular formula is C13H17Cl2NO3S. The van der Waals surface area contributed by atoms with Gasteiger partial charge in [-0.3, -0.25) is 0 Å². The van der Waals surface area contributed by atoms with Gasteiger partial charge in [-0.15, -0.1) is 0 Å². The molecule has 1 aromatic carbocycles. The molecule has 0 unspecified atom stereocenters. The van der Waals surface area contributed by atoms with E-state index in [4.69, 9.17) is 23.2 Å². The lowest BCUT2D eigenvalue weighted by molar-refractivity contribution is 0.281. The fraction of sp³-hybridized carbons (Fsp3) is 0.538. The van der Waals surface area contributed by atoms with Gasteiger partial charge in [0.05, 0.1) is 11.6 Å². The van der Waals surface area contributed by atoms with Crippen LogP contribution in [-0.2, 0) is 16.6 Å². The Morgan fingerprint density at radius 1 is 1.10 bits per heavy atom. The molecule has 1 aliphatic rings. The second-order valence-corrected chi connectivity index (χ2v) is 7.57. The molecule has 1 saturated heterocycles. The topological polar surface area (TPSA) is 57.6 Å². The average molecular weight is 338 g/mol. The van der Waals surface area contributed by atoms with Crippen LogP contribution in [0.15, 0.2) is 17.0 Å². The maximum absolute atomic E-state index is 12.7. The Hall–Kier alpha value is -0.330. The summed E-state index contributed by atoms with van der Waals surface area (Å²) in [5, 5.41) is 9.55. The van der Waals surface area contributed by atoms with Crippen molar-refractivity contribution in [1.82, 2.24) is 4.31 Å². The standard InChI is InChI=1S/C13H17Cl2NO3S/c14-11-7-10(9-17)13(15)12(8-11)20(18,19)16-5-3-1-2-4-6-16/h7-8,17H,1-6,9H2. The predicted molar refractivity (Wildman–Crippen MR) is 79.6 cm³/mol. The summed E-state index contributed by atoms with van der Waals surface area (Å²) < 4.78 is 26.8. The maximum atomic E-state index is 12.7. The third kappa shape index (κ3) is 3.28. The van der Waals surface area contributed by atoms with Crippen LogP contribution in [0.3, 0.4) is 0 Å². The molecule has 0 bridgehead atoms. The Morgan fingerprint density at radius 3 is 2.25 bits per heavy atom. The Labute approximate surface area is 129 Å². The lowest BCUT2D eigenvalue weighted by atomic mass is 10.2. The summed E-state index contributed by atoms with van der Waals surface area (Å²) in [6.07, 6.45) is 3.78. The second-order valence-electron chi connectivity index (χ2n) is 4.85. The van der Waals surface area contributed by atoms with Gasteiger partial charge in [-0.25, -0.2) is 8.42 Å². The van der Waals surface area contributed by atoms with Gasteiger partial charge in [0, 0.05) is 18.1 Å². The molecule has 1 N–H and O–H groups in total. The van der Waals surface area contributed by atoms with Gasteiger partial charge in [0.1, 0.15) is 4.90 Å². The van der Waals surface area contributed by atoms with Crippen LogP contribution in [0.1, 0.15) is 31.2 Å². The molecule has 0 atom stereocenters. The first kappa shape index (κ1) is 16.0. The highest BCUT2D eigenvalue weighted by molar-refractivity contribution is 7.89. The Morgan fingerprint density at radius 2 is 1.70 bits per heavy atom. The van der Waals surface area contributed by atoms with E-state index in [9.17, 15) is 13.5 Å². The first-order valence-electron chi connectivity index (χ1n) is 6.55. The minimum absolute atomic E-state index is 0.0161. The summed E-state index contributed by atoms with van der Waals surface area (Å²) >= 11 is 12.0. The smallest absolute Gasteiger partial charge is 0.244 e. The molecule has 1 heterocycles. The minimum atomic E-state index is -3.67. The van der Waals surface area contributed by atoms with Crippen LogP contribution < -0.4 is 0 Å². The van der Waals surface area contributed by atoms with E-state index in [1.54, 1.807) is 0 Å². The number of benzene rings is 1. The zero-order chi connectivity index (χ0) is 14.8. The predicted octanol–water partition coefficient (Wildman–Crippen LogP) is 3.05. The van der Waals surface area contributed by atoms with Crippen molar-refractivity contribution in [3.8, 4) is 0 Å². The molecule has 0 radical (unpaired) electrons. The zero-order valence-electron chi connectivity index (χ0n) is 11.0. The van der Waals surface area contributed by atoms with Gasteiger partial charge in [-0.2, -0.15) is 4.31 Å². The highest BCUT2D eigenvalue weighted by atomic mass is 35.5. The van der Waals surface area contributed by atoms with E-state index in [0.29, 0.717) is 18.7 Å². The van der Waals surface area contributed by atoms with Crippen LogP contribution in [0.4, 0.5) is 0 Å². The van der Waals surface area contributed by atoms with Gasteiger partial charge in [-0.1, -0.05) is 36.0 Å². The number of hydrogen-bond donors (Lipinski definition) is 1. The monoisotopic (exact) mass is 337 g/mol. The van der Waals surface area contributed by atoms with Gasteiger partial charge in [0.25, 0.3) is 0 Å². The highest BCUT2D eigenvalue weighted by Gasteiger charge is 2.28. The van der Waals surface area contributed by atoms with E-state index < -0.39 is 10.0 Å². The molecule has 0 saturated carbocycles. The van der Waals surface area contributed by atoms with Crippen LogP contribution in [0.2, 0.25) is 10.0 Å². The average Bonchev–Trinajstić information content (AvgIpc) is 2.70. The maximum Gasteiger partial charge on any atom is 0.244 e. The van der Waals surface area contributed by atoms with Crippen molar-refractivity contribution in [1.29, 1.82) is 0 Å². The molecule has 4 nitrogen and oxygen atoms in total. The molecule has 112 valence electrons. The molecule has 20 heavy (non-hydrogen) atoms. The van der Waals surface area contributed by atoms with Crippen molar-refractivity contribution in [3.05, 3.63) is 27.7 Å². The molecule has 1 aromatic rings. The van der Waals surface area contributed by atoms with Crippen LogP contribution in [0.5, 0.6) is 0 Å². The van der Waals surface area contributed by atoms with E-state index in [2.05, 4.69) is 0 Å². The lowest BCUT2D eigenvalue weighted by Crippen LogP contribution is -2.32. The summed E-state index contributed by atoms with van der Waals surface area (Å²) in [5.74, 6) is 0. The van der Waals surface area contributed by atoms with Gasteiger partial charge in [0.2, 0.25) is 10.0 Å². The van der Waals surface area contributed by atoms with E-state index in [1.807, 2.05) is 0 Å². The summed E-state index contributed by atoms with van der Waals surface area (Å²) in [6, 6.07) is 2.83. The Balaban J connectivity index is 2.45. The number of rotatable bonds is 3. The molecule has 0 aliphatic carbocycles. The molecular weight excluding hydrogens is 321 g/mol. The zero-order valence-corrected chi connectivity index (χ0v) is 13.3. The van der Waals surface area contributed by atoms with Crippen LogP contribution in [-0.4, -0.2) is 30.9 Å². The first-order chi connectivity index (χ1) is 9.46. The third-order valence-electron chi connectivity index (χ3n) is 3.43. The fourth-order valence-corrected chi connectivity index (χ4v) is 4.76. The van der Waals surface area contributed by atoms with Crippen molar-refractivity contribution in [2.24, 2.45) is 0 Å². The molecule has 2 rings (SSSR count). The summed E-state index contributed by atoms with van der Waals surface area (Å²) in [7, 11) is -3.67. The largest absolute Gasteiger partial charge is 0.392 e. The molecule has 1 aliphatic heterocycles. The first-order valence-corrected chi connectivity index (χ1v) is 8.75. The van der Waals surface area contributed by atoms with Crippen molar-refractivity contribution in [2.75, 3.05) is 13.1 Å². The van der Waals surface area contributed by atoms with Gasteiger partial charge < -0.3 is 5.11 Å². The van der Waals surface area contributed by atoms with Crippen molar-refractivity contribution in [2.45, 2.75) is 37.2 Å². The van der Waals surface area contributed by atoms with Crippen LogP contribution in [0.25, 0.3) is 0 Å². The quantitative estimate of drug-likeness (QED) is 0.922. The van der Waals surface area contributed by atoms with Gasteiger partial charge in [0.15, 0.2) is 0 Å². The number of nitrogens with zero attached hydrogens (tertiary/aromatic N) is 1. The Bertz CT molecular complexity index is 582. The number of hydrogen-bond acceptors (Lipinski definition) is 3. The highest BCUT2D eigenvalue weighted by Crippen LogP contribution is 2.32. The SMILES string of the molecule is O=S(=O)(c1cc(Cl)cc(CO)c1Cl)N1CCCCCC1. The number of aliphatic hydroxyl groups excluding tert-OH is 1. The van der Waals surface area contributed by atoms with Crippen LogP contribution in [0, 0.1) is 0 Å². The summed E-state index contributed by atoms with van der Waals surface area (Å²) in [5.41, 5.74) is 0.326. The molecule has 0 aromatic heterocycles. The normalized spacial score (nSPS) is 17.9. The van der Waals surface area contributed by atoms with Crippen molar-refractivity contribution < 1.29 is 13.5 Å². The minimum Gasteiger partial charge on any atom is -0.392 e. The number of halogens is 2. The third-order valence-corrected chi connectivity index (χ3v) is 6.13. The summed E-state index contributed by atoms with van der Waals surface area (Å²) in [6.45, 7) is 0.654. The molecule has 7 heteroatoms.